The molecule has 0 unspecified atom stereocenters. The van der Waals surface area contributed by atoms with Crippen molar-refractivity contribution in [3.63, 3.8) is 0 Å². The van der Waals surface area contributed by atoms with E-state index in [1.54, 1.807) is 0 Å². The SMILES string of the molecule is O=C1c2ccccc2C(=O)C12C[C@H]1CSC[C@H]1C2. The van der Waals surface area contributed by atoms with Crippen LogP contribution in [0.4, 0.5) is 0 Å². The Labute approximate surface area is 110 Å². The molecule has 1 spiro atoms. The molecule has 0 N–H and O–H groups in total. The van der Waals surface area contributed by atoms with Crippen LogP contribution in [0.15, 0.2) is 24.3 Å². The molecule has 0 amide bonds. The van der Waals surface area contributed by atoms with Gasteiger partial charge in [0, 0.05) is 11.1 Å². The van der Waals surface area contributed by atoms with Gasteiger partial charge in [0.25, 0.3) is 0 Å². The average Bonchev–Trinajstić information content (AvgIpc) is 3.00. The number of Topliss-reactive ketones (excluding diaryl/α,β-unsaturated/α-hetero) is 2. The molecule has 2 atom stereocenters. The van der Waals surface area contributed by atoms with Crippen LogP contribution in [0, 0.1) is 17.3 Å². The fourth-order valence-electron chi connectivity index (χ4n) is 3.94. The van der Waals surface area contributed by atoms with E-state index in [0.29, 0.717) is 23.0 Å². The number of rotatable bonds is 0. The van der Waals surface area contributed by atoms with Crippen molar-refractivity contribution in [3.8, 4) is 0 Å². The number of carbonyl (C=O) groups is 2. The minimum absolute atomic E-state index is 0.0995. The van der Waals surface area contributed by atoms with Crippen LogP contribution in [-0.2, 0) is 0 Å². The predicted molar refractivity (Wildman–Crippen MR) is 71.1 cm³/mol. The monoisotopic (exact) mass is 258 g/mol. The van der Waals surface area contributed by atoms with E-state index in [9.17, 15) is 9.59 Å². The van der Waals surface area contributed by atoms with Crippen molar-refractivity contribution in [1.82, 2.24) is 0 Å². The van der Waals surface area contributed by atoms with Crippen LogP contribution in [0.2, 0.25) is 0 Å². The lowest BCUT2D eigenvalue weighted by atomic mass is 9.80. The lowest BCUT2D eigenvalue weighted by Crippen LogP contribution is -2.31. The molecular formula is C15H14O2S. The molecule has 1 aromatic rings. The fourth-order valence-corrected chi connectivity index (χ4v) is 5.46. The van der Waals surface area contributed by atoms with Crippen molar-refractivity contribution in [2.75, 3.05) is 11.5 Å². The summed E-state index contributed by atoms with van der Waals surface area (Å²) < 4.78 is 0. The highest BCUT2D eigenvalue weighted by Gasteiger charge is 2.59. The van der Waals surface area contributed by atoms with Gasteiger partial charge in [-0.1, -0.05) is 24.3 Å². The van der Waals surface area contributed by atoms with Crippen LogP contribution in [0.25, 0.3) is 0 Å². The third-order valence-corrected chi connectivity index (χ3v) is 6.17. The van der Waals surface area contributed by atoms with Crippen LogP contribution in [0.3, 0.4) is 0 Å². The highest BCUT2D eigenvalue weighted by molar-refractivity contribution is 7.99. The molecule has 2 nitrogen and oxygen atoms in total. The van der Waals surface area contributed by atoms with Crippen LogP contribution < -0.4 is 0 Å². The maximum absolute atomic E-state index is 12.6. The van der Waals surface area contributed by atoms with Crippen molar-refractivity contribution in [1.29, 1.82) is 0 Å². The van der Waals surface area contributed by atoms with Gasteiger partial charge in [-0.2, -0.15) is 11.8 Å². The van der Waals surface area contributed by atoms with Crippen molar-refractivity contribution < 1.29 is 9.59 Å². The van der Waals surface area contributed by atoms with E-state index in [1.165, 1.54) is 0 Å². The minimum Gasteiger partial charge on any atom is -0.293 e. The molecule has 2 aliphatic carbocycles. The summed E-state index contributed by atoms with van der Waals surface area (Å²) in [6, 6.07) is 7.34. The molecule has 4 rings (SSSR count). The smallest absolute Gasteiger partial charge is 0.177 e. The number of ketones is 2. The first kappa shape index (κ1) is 10.8. The van der Waals surface area contributed by atoms with E-state index in [4.69, 9.17) is 0 Å². The number of hydrogen-bond donors (Lipinski definition) is 0. The second-order valence-electron chi connectivity index (χ2n) is 5.75. The Kier molecular flexibility index (Phi) is 2.08. The molecule has 0 bridgehead atoms. The van der Waals surface area contributed by atoms with Crippen LogP contribution in [0.1, 0.15) is 33.6 Å². The molecule has 92 valence electrons. The highest BCUT2D eigenvalue weighted by atomic mass is 32.2. The summed E-state index contributed by atoms with van der Waals surface area (Å²) in [5.74, 6) is 3.62. The zero-order valence-electron chi connectivity index (χ0n) is 10.0. The summed E-state index contributed by atoms with van der Waals surface area (Å²) in [5, 5.41) is 0. The third kappa shape index (κ3) is 1.16. The summed E-state index contributed by atoms with van der Waals surface area (Å²) in [4.78, 5) is 25.3. The van der Waals surface area contributed by atoms with E-state index < -0.39 is 5.41 Å². The van der Waals surface area contributed by atoms with Crippen LogP contribution in [-0.4, -0.2) is 23.1 Å². The second-order valence-corrected chi connectivity index (χ2v) is 6.83. The lowest BCUT2D eigenvalue weighted by Gasteiger charge is -2.20. The molecule has 18 heavy (non-hydrogen) atoms. The standard InChI is InChI=1S/C15H14O2S/c16-13-11-3-1-2-4-12(11)14(17)15(13)5-9-7-18-8-10(9)6-15/h1-4,9-10H,5-8H2/t9-,10+. The fraction of sp³-hybridized carbons (Fsp3) is 0.467. The van der Waals surface area contributed by atoms with Gasteiger partial charge in [0.05, 0.1) is 5.41 Å². The Morgan fingerprint density at radius 2 is 1.44 bits per heavy atom. The van der Waals surface area contributed by atoms with Gasteiger partial charge in [0.15, 0.2) is 11.6 Å². The van der Waals surface area contributed by atoms with Gasteiger partial charge in [0.1, 0.15) is 0 Å². The molecule has 1 aromatic carbocycles. The minimum atomic E-state index is -0.681. The van der Waals surface area contributed by atoms with Crippen LogP contribution >= 0.6 is 11.8 Å². The molecule has 3 aliphatic rings. The molecule has 2 fully saturated rings. The largest absolute Gasteiger partial charge is 0.293 e. The Hall–Kier alpha value is -1.09. The maximum Gasteiger partial charge on any atom is 0.177 e. The van der Waals surface area contributed by atoms with Gasteiger partial charge in [-0.15, -0.1) is 0 Å². The van der Waals surface area contributed by atoms with Gasteiger partial charge in [-0.3, -0.25) is 9.59 Å². The zero-order chi connectivity index (χ0) is 12.3. The summed E-state index contributed by atoms with van der Waals surface area (Å²) in [6.07, 6.45) is 1.58. The summed E-state index contributed by atoms with van der Waals surface area (Å²) in [7, 11) is 0. The first-order chi connectivity index (χ1) is 8.72. The number of hydrogen-bond acceptors (Lipinski definition) is 3. The van der Waals surface area contributed by atoms with Crippen molar-refractivity contribution in [2.24, 2.45) is 17.3 Å². The van der Waals surface area contributed by atoms with Gasteiger partial charge in [-0.05, 0) is 36.2 Å². The Morgan fingerprint density at radius 1 is 0.944 bits per heavy atom. The Morgan fingerprint density at radius 3 is 1.94 bits per heavy atom. The van der Waals surface area contributed by atoms with E-state index in [2.05, 4.69) is 0 Å². The maximum atomic E-state index is 12.6. The molecular weight excluding hydrogens is 244 g/mol. The second kappa shape index (κ2) is 3.47. The molecule has 0 aromatic heterocycles. The first-order valence-electron chi connectivity index (χ1n) is 6.49. The zero-order valence-corrected chi connectivity index (χ0v) is 10.8. The van der Waals surface area contributed by atoms with Gasteiger partial charge in [0.2, 0.25) is 0 Å². The average molecular weight is 258 g/mol. The first-order valence-corrected chi connectivity index (χ1v) is 7.64. The van der Waals surface area contributed by atoms with E-state index in [1.807, 2.05) is 36.0 Å². The summed E-state index contributed by atoms with van der Waals surface area (Å²) >= 11 is 1.97. The number of fused-ring (bicyclic) bond motifs is 2. The van der Waals surface area contributed by atoms with Gasteiger partial charge < -0.3 is 0 Å². The van der Waals surface area contributed by atoms with E-state index >= 15 is 0 Å². The van der Waals surface area contributed by atoms with Crippen LogP contribution in [0.5, 0.6) is 0 Å². The number of carbonyl (C=O) groups excluding carboxylic acids is 2. The highest BCUT2D eigenvalue weighted by Crippen LogP contribution is 2.56. The Bertz CT molecular complexity index is 514. The Balaban J connectivity index is 1.81. The normalized spacial score (nSPS) is 32.0. The van der Waals surface area contributed by atoms with Gasteiger partial charge >= 0.3 is 0 Å². The summed E-state index contributed by atoms with van der Waals surface area (Å²) in [5.41, 5.74) is 0.644. The molecule has 1 saturated heterocycles. The molecule has 0 radical (unpaired) electrons. The molecule has 3 heteroatoms. The molecule has 1 saturated carbocycles. The molecule has 1 heterocycles. The van der Waals surface area contributed by atoms with E-state index in [-0.39, 0.29) is 11.6 Å². The summed E-state index contributed by atoms with van der Waals surface area (Å²) in [6.45, 7) is 0. The quantitative estimate of drug-likeness (QED) is 0.671. The van der Waals surface area contributed by atoms with Crippen molar-refractivity contribution in [3.05, 3.63) is 35.4 Å². The third-order valence-electron chi connectivity index (χ3n) is 4.84. The lowest BCUT2D eigenvalue weighted by molar-refractivity contribution is 0.0697. The van der Waals surface area contributed by atoms with Crippen molar-refractivity contribution >= 4 is 23.3 Å². The number of benzene rings is 1. The number of thioether (sulfide) groups is 1. The predicted octanol–water partition coefficient (Wildman–Crippen LogP) is 2.83. The van der Waals surface area contributed by atoms with Crippen molar-refractivity contribution in [2.45, 2.75) is 12.8 Å². The molecule has 1 aliphatic heterocycles. The van der Waals surface area contributed by atoms with E-state index in [0.717, 1.165) is 24.3 Å². The topological polar surface area (TPSA) is 34.1 Å². The van der Waals surface area contributed by atoms with Gasteiger partial charge in [-0.25, -0.2) is 0 Å².